The van der Waals surface area contributed by atoms with Crippen LogP contribution in [0.4, 0.5) is 0 Å². The van der Waals surface area contributed by atoms with Crippen LogP contribution in [0, 0.1) is 46.3 Å². The number of hydrogen-bond acceptors (Lipinski definition) is 1. The Morgan fingerprint density at radius 1 is 1.06 bits per heavy atom. The van der Waals surface area contributed by atoms with Crippen molar-refractivity contribution in [2.24, 2.45) is 46.3 Å². The van der Waals surface area contributed by atoms with Gasteiger partial charge in [0.15, 0.2) is 0 Å². The van der Waals surface area contributed by atoms with Crippen molar-refractivity contribution < 1.29 is 5.11 Å². The number of aliphatic hydroxyl groups is 1. The molecule has 4 rings (SSSR count). The fourth-order valence-electron chi connectivity index (χ4n) is 9.30. The standard InChI is InChI=1S/C30H50O/c1-8-22(19(2)3)10-9-20(4)24-13-14-26-23-11-12-25-21(5)28(31)16-18-30(25,7)27(23)15-17-29(24,26)6/h11,20-21,24-28,31H,8-10,12-18H2,1-7H3/t20-,21+,24-,25+,26+,27+,28+,29-,30+/m1/s1. The van der Waals surface area contributed by atoms with E-state index in [4.69, 9.17) is 0 Å². The first-order chi connectivity index (χ1) is 14.6. The molecule has 0 spiro atoms. The molecular weight excluding hydrogens is 376 g/mol. The molecule has 0 unspecified atom stereocenters. The van der Waals surface area contributed by atoms with Gasteiger partial charge in [-0.3, -0.25) is 0 Å². The summed E-state index contributed by atoms with van der Waals surface area (Å²) in [5.41, 5.74) is 6.05. The highest BCUT2D eigenvalue weighted by molar-refractivity contribution is 5.28. The minimum absolute atomic E-state index is 0.0765. The Bertz CT molecular complexity index is 727. The van der Waals surface area contributed by atoms with E-state index in [1.54, 1.807) is 11.1 Å². The zero-order chi connectivity index (χ0) is 22.6. The summed E-state index contributed by atoms with van der Waals surface area (Å²) < 4.78 is 0. The SMILES string of the molecule is CCC(CC[C@@H](C)[C@H]1CC[C@H]2C3=CC[C@H]4[C@H](C)[C@@H](O)CC[C@]4(C)[C@H]3CC[C@]12C)=C(C)C. The lowest BCUT2D eigenvalue weighted by atomic mass is 9.46. The summed E-state index contributed by atoms with van der Waals surface area (Å²) >= 11 is 0. The molecule has 0 aromatic heterocycles. The normalized spacial score (nSPS) is 45.2. The van der Waals surface area contributed by atoms with Gasteiger partial charge in [-0.2, -0.15) is 0 Å². The molecule has 1 nitrogen and oxygen atoms in total. The quantitative estimate of drug-likeness (QED) is 0.438. The minimum atomic E-state index is -0.0765. The van der Waals surface area contributed by atoms with Crippen LogP contribution in [-0.2, 0) is 0 Å². The maximum Gasteiger partial charge on any atom is 0.0568 e. The van der Waals surface area contributed by atoms with Crippen molar-refractivity contribution in [2.75, 3.05) is 0 Å². The summed E-state index contributed by atoms with van der Waals surface area (Å²) in [4.78, 5) is 0. The van der Waals surface area contributed by atoms with Gasteiger partial charge in [0.25, 0.3) is 0 Å². The molecule has 31 heavy (non-hydrogen) atoms. The van der Waals surface area contributed by atoms with Gasteiger partial charge in [-0.05, 0) is 124 Å². The second kappa shape index (κ2) is 8.66. The van der Waals surface area contributed by atoms with Gasteiger partial charge in [-0.25, -0.2) is 0 Å². The van der Waals surface area contributed by atoms with E-state index in [-0.39, 0.29) is 6.10 Å². The summed E-state index contributed by atoms with van der Waals surface area (Å²) in [7, 11) is 0. The number of rotatable bonds is 5. The van der Waals surface area contributed by atoms with Gasteiger partial charge in [0, 0.05) is 0 Å². The first-order valence-corrected chi connectivity index (χ1v) is 13.7. The average Bonchev–Trinajstić information content (AvgIpc) is 3.08. The van der Waals surface area contributed by atoms with E-state index < -0.39 is 0 Å². The molecule has 1 heteroatoms. The molecular formula is C30H50O. The first kappa shape index (κ1) is 23.6. The topological polar surface area (TPSA) is 20.2 Å². The van der Waals surface area contributed by atoms with Crippen LogP contribution in [0.3, 0.4) is 0 Å². The van der Waals surface area contributed by atoms with Crippen LogP contribution in [0.5, 0.6) is 0 Å². The van der Waals surface area contributed by atoms with Gasteiger partial charge in [0.05, 0.1) is 6.10 Å². The molecule has 0 aromatic carbocycles. The summed E-state index contributed by atoms with van der Waals surface area (Å²) in [6, 6.07) is 0. The lowest BCUT2D eigenvalue weighted by Gasteiger charge is -2.59. The third-order valence-electron chi connectivity index (χ3n) is 11.4. The van der Waals surface area contributed by atoms with Crippen molar-refractivity contribution in [3.63, 3.8) is 0 Å². The Balaban J connectivity index is 1.52. The zero-order valence-corrected chi connectivity index (χ0v) is 21.6. The van der Waals surface area contributed by atoms with Crippen LogP contribution >= 0.6 is 0 Å². The lowest BCUT2D eigenvalue weighted by Crippen LogP contribution is -2.52. The molecule has 9 atom stereocenters. The van der Waals surface area contributed by atoms with Crippen molar-refractivity contribution in [1.82, 2.24) is 0 Å². The molecule has 0 heterocycles. The molecule has 0 saturated heterocycles. The van der Waals surface area contributed by atoms with E-state index in [1.165, 1.54) is 57.8 Å². The summed E-state index contributed by atoms with van der Waals surface area (Å²) in [5.74, 6) is 4.49. The molecule has 1 N–H and O–H groups in total. The van der Waals surface area contributed by atoms with Gasteiger partial charge in [-0.15, -0.1) is 0 Å². The molecule has 0 radical (unpaired) electrons. The summed E-state index contributed by atoms with van der Waals surface area (Å²) in [6.07, 6.45) is 15.7. The fraction of sp³-hybridized carbons (Fsp3) is 0.867. The number of hydrogen-bond donors (Lipinski definition) is 1. The third kappa shape index (κ3) is 3.79. The zero-order valence-electron chi connectivity index (χ0n) is 21.6. The Hall–Kier alpha value is -0.560. The minimum Gasteiger partial charge on any atom is -0.393 e. The molecule has 4 aliphatic rings. The maximum absolute atomic E-state index is 10.5. The van der Waals surface area contributed by atoms with E-state index in [1.807, 2.05) is 5.57 Å². The van der Waals surface area contributed by atoms with E-state index in [0.29, 0.717) is 22.7 Å². The predicted octanol–water partition coefficient (Wildman–Crippen LogP) is 8.34. The van der Waals surface area contributed by atoms with Crippen molar-refractivity contribution in [2.45, 2.75) is 119 Å². The highest BCUT2D eigenvalue weighted by Gasteiger charge is 2.59. The number of fused-ring (bicyclic) bond motifs is 5. The second-order valence-electron chi connectivity index (χ2n) is 12.8. The van der Waals surface area contributed by atoms with E-state index in [2.05, 4.69) is 54.5 Å². The van der Waals surface area contributed by atoms with E-state index >= 15 is 0 Å². The van der Waals surface area contributed by atoms with Gasteiger partial charge in [-0.1, -0.05) is 57.4 Å². The second-order valence-corrected chi connectivity index (χ2v) is 12.8. The molecule has 4 aliphatic carbocycles. The van der Waals surface area contributed by atoms with Crippen LogP contribution in [0.25, 0.3) is 0 Å². The highest BCUT2D eigenvalue weighted by atomic mass is 16.3. The monoisotopic (exact) mass is 426 g/mol. The highest BCUT2D eigenvalue weighted by Crippen LogP contribution is 2.67. The van der Waals surface area contributed by atoms with Crippen LogP contribution in [0.1, 0.15) is 113 Å². The molecule has 176 valence electrons. The van der Waals surface area contributed by atoms with Crippen molar-refractivity contribution in [1.29, 1.82) is 0 Å². The van der Waals surface area contributed by atoms with E-state index in [0.717, 1.165) is 30.1 Å². The van der Waals surface area contributed by atoms with Crippen LogP contribution in [-0.4, -0.2) is 11.2 Å². The lowest BCUT2D eigenvalue weighted by molar-refractivity contribution is -0.0773. The van der Waals surface area contributed by atoms with Crippen molar-refractivity contribution >= 4 is 0 Å². The molecule has 3 saturated carbocycles. The number of allylic oxidation sites excluding steroid dienone is 4. The Morgan fingerprint density at radius 3 is 2.42 bits per heavy atom. The summed E-state index contributed by atoms with van der Waals surface area (Å²) in [5, 5.41) is 10.5. The first-order valence-electron chi connectivity index (χ1n) is 13.7. The third-order valence-corrected chi connectivity index (χ3v) is 11.4. The predicted molar refractivity (Wildman–Crippen MR) is 133 cm³/mol. The molecule has 0 bridgehead atoms. The van der Waals surface area contributed by atoms with Crippen LogP contribution in [0.2, 0.25) is 0 Å². The molecule has 0 aliphatic heterocycles. The van der Waals surface area contributed by atoms with Gasteiger partial charge in [0.2, 0.25) is 0 Å². The van der Waals surface area contributed by atoms with E-state index in [9.17, 15) is 5.11 Å². The van der Waals surface area contributed by atoms with Gasteiger partial charge in [0.1, 0.15) is 0 Å². The van der Waals surface area contributed by atoms with Crippen molar-refractivity contribution in [3.05, 3.63) is 22.8 Å². The van der Waals surface area contributed by atoms with Gasteiger partial charge < -0.3 is 5.11 Å². The smallest absolute Gasteiger partial charge is 0.0568 e. The Morgan fingerprint density at radius 2 is 1.74 bits per heavy atom. The largest absolute Gasteiger partial charge is 0.393 e. The fourth-order valence-corrected chi connectivity index (χ4v) is 9.30. The van der Waals surface area contributed by atoms with Crippen molar-refractivity contribution in [3.8, 4) is 0 Å². The molecule has 3 fully saturated rings. The maximum atomic E-state index is 10.5. The average molecular weight is 427 g/mol. The Labute approximate surface area is 193 Å². The van der Waals surface area contributed by atoms with Gasteiger partial charge >= 0.3 is 0 Å². The molecule has 0 amide bonds. The molecule has 0 aromatic rings. The summed E-state index contributed by atoms with van der Waals surface area (Å²) in [6.45, 7) is 17.1. The Kier molecular flexibility index (Phi) is 6.59. The van der Waals surface area contributed by atoms with Crippen LogP contribution in [0.15, 0.2) is 22.8 Å². The van der Waals surface area contributed by atoms with Crippen LogP contribution < -0.4 is 0 Å². The number of aliphatic hydroxyl groups excluding tert-OH is 1.